The molecule has 7 heteroatoms. The Labute approximate surface area is 129 Å². The van der Waals surface area contributed by atoms with Crippen LogP contribution in [0.4, 0.5) is 5.82 Å². The molecular formula is C15H11N5OS. The molecule has 0 unspecified atom stereocenters. The average molecular weight is 309 g/mol. The molecule has 0 saturated heterocycles. The summed E-state index contributed by atoms with van der Waals surface area (Å²) < 4.78 is 1.91. The summed E-state index contributed by atoms with van der Waals surface area (Å²) >= 11 is 1.58. The molecule has 3 aromatic heterocycles. The molecule has 108 valence electrons. The molecule has 4 aromatic rings. The predicted octanol–water partition coefficient (Wildman–Crippen LogP) is 3.02. The zero-order chi connectivity index (χ0) is 14.9. The second kappa shape index (κ2) is 5.12. The van der Waals surface area contributed by atoms with Gasteiger partial charge in [-0.15, -0.1) is 0 Å². The van der Waals surface area contributed by atoms with Gasteiger partial charge in [-0.1, -0.05) is 35.6 Å². The van der Waals surface area contributed by atoms with Gasteiger partial charge in [0.15, 0.2) is 10.8 Å². The topological polar surface area (TPSA) is 75.1 Å². The third-order valence-corrected chi connectivity index (χ3v) is 4.39. The molecule has 1 aromatic carbocycles. The van der Waals surface area contributed by atoms with Gasteiger partial charge in [0.2, 0.25) is 6.41 Å². The maximum Gasteiger partial charge on any atom is 0.212 e. The first-order valence-corrected chi connectivity index (χ1v) is 7.43. The number of fused-ring (bicyclic) bond motifs is 1. The van der Waals surface area contributed by atoms with Crippen molar-refractivity contribution >= 4 is 28.5 Å². The second-order valence-corrected chi connectivity index (χ2v) is 5.73. The van der Waals surface area contributed by atoms with E-state index in [0.29, 0.717) is 12.2 Å². The molecule has 0 aliphatic heterocycles. The number of benzene rings is 1. The van der Waals surface area contributed by atoms with Gasteiger partial charge in [0, 0.05) is 6.20 Å². The number of hydrogen-bond acceptors (Lipinski definition) is 4. The monoisotopic (exact) mass is 309 g/mol. The van der Waals surface area contributed by atoms with Crippen molar-refractivity contribution in [2.24, 2.45) is 0 Å². The summed E-state index contributed by atoms with van der Waals surface area (Å²) in [6.45, 7) is 0. The van der Waals surface area contributed by atoms with Gasteiger partial charge in [-0.25, -0.2) is 9.97 Å². The molecular weight excluding hydrogens is 298 g/mol. The maximum atomic E-state index is 10.4. The summed E-state index contributed by atoms with van der Waals surface area (Å²) in [7, 11) is 0. The van der Waals surface area contributed by atoms with Gasteiger partial charge in [-0.2, -0.15) is 0 Å². The third kappa shape index (κ3) is 2.17. The highest BCUT2D eigenvalue weighted by atomic mass is 32.1. The number of rotatable bonds is 4. The van der Waals surface area contributed by atoms with Gasteiger partial charge in [0.25, 0.3) is 0 Å². The molecule has 22 heavy (non-hydrogen) atoms. The number of thiazole rings is 1. The van der Waals surface area contributed by atoms with E-state index in [2.05, 4.69) is 44.5 Å². The highest BCUT2D eigenvalue weighted by molar-refractivity contribution is 7.20. The number of carbonyl (C=O) groups is 1. The van der Waals surface area contributed by atoms with E-state index in [0.717, 1.165) is 26.7 Å². The Morgan fingerprint density at radius 1 is 1.18 bits per heavy atom. The van der Waals surface area contributed by atoms with E-state index < -0.39 is 0 Å². The van der Waals surface area contributed by atoms with Crippen LogP contribution in [-0.4, -0.2) is 25.8 Å². The molecule has 6 nitrogen and oxygen atoms in total. The van der Waals surface area contributed by atoms with Crippen LogP contribution in [0, 0.1) is 0 Å². The first-order chi connectivity index (χ1) is 10.8. The van der Waals surface area contributed by atoms with Crippen molar-refractivity contribution in [3.63, 3.8) is 0 Å². The standard InChI is InChI=1S/C15H11N5OS/c21-9-18-14-7-20-6-13(22-15(20)19-14)11-3-1-10(2-4-11)12-5-16-8-17-12/h1-9H,(H,16,17)(H,18,21). The number of nitrogens with one attached hydrogen (secondary N) is 2. The van der Waals surface area contributed by atoms with Crippen LogP contribution >= 0.6 is 11.3 Å². The quantitative estimate of drug-likeness (QED) is 0.569. The zero-order valence-electron chi connectivity index (χ0n) is 11.4. The van der Waals surface area contributed by atoms with Gasteiger partial charge >= 0.3 is 0 Å². The number of aromatic nitrogens is 4. The first-order valence-electron chi connectivity index (χ1n) is 6.61. The number of aromatic amines is 1. The van der Waals surface area contributed by atoms with Crippen molar-refractivity contribution in [2.45, 2.75) is 0 Å². The van der Waals surface area contributed by atoms with Crippen LogP contribution in [0.3, 0.4) is 0 Å². The smallest absolute Gasteiger partial charge is 0.212 e. The van der Waals surface area contributed by atoms with Crippen LogP contribution in [0.1, 0.15) is 0 Å². The Balaban J connectivity index is 1.66. The molecule has 0 saturated carbocycles. The summed E-state index contributed by atoms with van der Waals surface area (Å²) in [4.78, 5) is 23.8. The Hall–Kier alpha value is -2.93. The number of amides is 1. The van der Waals surface area contributed by atoms with Gasteiger partial charge in [-0.05, 0) is 11.1 Å². The average Bonchev–Trinajstić information content (AvgIpc) is 3.23. The van der Waals surface area contributed by atoms with Gasteiger partial charge in [0.05, 0.1) is 29.3 Å². The molecule has 4 rings (SSSR count). The number of H-pyrrole nitrogens is 1. The highest BCUT2D eigenvalue weighted by Gasteiger charge is 2.08. The van der Waals surface area contributed by atoms with Crippen LogP contribution in [0.5, 0.6) is 0 Å². The first kappa shape index (κ1) is 12.8. The van der Waals surface area contributed by atoms with Crippen LogP contribution in [0.2, 0.25) is 0 Å². The fraction of sp³-hybridized carbons (Fsp3) is 0. The maximum absolute atomic E-state index is 10.4. The minimum absolute atomic E-state index is 0.558. The number of imidazole rings is 2. The van der Waals surface area contributed by atoms with Crippen molar-refractivity contribution in [3.05, 3.63) is 49.2 Å². The van der Waals surface area contributed by atoms with Crippen molar-refractivity contribution in [2.75, 3.05) is 5.32 Å². The Morgan fingerprint density at radius 2 is 2.00 bits per heavy atom. The molecule has 0 spiro atoms. The molecule has 1 amide bonds. The van der Waals surface area contributed by atoms with E-state index in [1.165, 1.54) is 0 Å². The molecule has 2 N–H and O–H groups in total. The summed E-state index contributed by atoms with van der Waals surface area (Å²) in [6.07, 6.45) is 7.90. The molecule has 0 aliphatic carbocycles. The zero-order valence-corrected chi connectivity index (χ0v) is 12.2. The predicted molar refractivity (Wildman–Crippen MR) is 85.8 cm³/mol. The molecule has 0 radical (unpaired) electrons. The normalized spacial score (nSPS) is 10.9. The van der Waals surface area contributed by atoms with Crippen LogP contribution in [-0.2, 0) is 4.79 Å². The molecule has 0 fully saturated rings. The van der Waals surface area contributed by atoms with Gasteiger partial charge in [0.1, 0.15) is 0 Å². The summed E-state index contributed by atoms with van der Waals surface area (Å²) in [5, 5.41) is 2.55. The summed E-state index contributed by atoms with van der Waals surface area (Å²) in [6, 6.07) is 8.27. The Kier molecular flexibility index (Phi) is 2.97. The highest BCUT2D eigenvalue weighted by Crippen LogP contribution is 2.30. The lowest BCUT2D eigenvalue weighted by Crippen LogP contribution is -1.92. The fourth-order valence-electron chi connectivity index (χ4n) is 2.29. The lowest BCUT2D eigenvalue weighted by molar-refractivity contribution is -0.105. The minimum atomic E-state index is 0.558. The SMILES string of the molecule is O=CNc1cn2cc(-c3ccc(-c4cnc[nH]4)cc3)sc2n1. The fourth-order valence-corrected chi connectivity index (χ4v) is 3.26. The molecule has 0 aliphatic rings. The Bertz CT molecular complexity index is 889. The van der Waals surface area contributed by atoms with E-state index in [1.54, 1.807) is 30.1 Å². The van der Waals surface area contributed by atoms with Crippen molar-refractivity contribution in [3.8, 4) is 21.7 Å². The van der Waals surface area contributed by atoms with E-state index in [-0.39, 0.29) is 0 Å². The van der Waals surface area contributed by atoms with E-state index in [4.69, 9.17) is 0 Å². The van der Waals surface area contributed by atoms with Crippen molar-refractivity contribution in [1.29, 1.82) is 0 Å². The van der Waals surface area contributed by atoms with Crippen molar-refractivity contribution < 1.29 is 4.79 Å². The number of anilines is 1. The molecule has 0 atom stereocenters. The van der Waals surface area contributed by atoms with E-state index in [1.807, 2.05) is 10.6 Å². The number of hydrogen-bond donors (Lipinski definition) is 2. The minimum Gasteiger partial charge on any atom is -0.345 e. The lowest BCUT2D eigenvalue weighted by atomic mass is 10.1. The number of carbonyl (C=O) groups excluding carboxylic acids is 1. The van der Waals surface area contributed by atoms with Crippen LogP contribution in [0.25, 0.3) is 26.7 Å². The van der Waals surface area contributed by atoms with Gasteiger partial charge < -0.3 is 10.3 Å². The summed E-state index contributed by atoms with van der Waals surface area (Å²) in [5.41, 5.74) is 3.22. The van der Waals surface area contributed by atoms with Crippen molar-refractivity contribution in [1.82, 2.24) is 19.4 Å². The van der Waals surface area contributed by atoms with E-state index >= 15 is 0 Å². The second-order valence-electron chi connectivity index (χ2n) is 4.72. The molecule has 3 heterocycles. The largest absolute Gasteiger partial charge is 0.345 e. The Morgan fingerprint density at radius 3 is 2.68 bits per heavy atom. The lowest BCUT2D eigenvalue weighted by Gasteiger charge is -2.00. The third-order valence-electron chi connectivity index (χ3n) is 3.34. The van der Waals surface area contributed by atoms with Gasteiger partial charge in [-0.3, -0.25) is 9.20 Å². The van der Waals surface area contributed by atoms with Crippen LogP contribution < -0.4 is 5.32 Å². The van der Waals surface area contributed by atoms with E-state index in [9.17, 15) is 4.79 Å². The summed E-state index contributed by atoms with van der Waals surface area (Å²) in [5.74, 6) is 0.558. The van der Waals surface area contributed by atoms with Crippen LogP contribution in [0.15, 0.2) is 49.2 Å². The number of nitrogens with zero attached hydrogens (tertiary/aromatic N) is 3. The molecule has 0 bridgehead atoms.